The molecule has 7 heteroatoms. The Bertz CT molecular complexity index is 914. The van der Waals surface area contributed by atoms with Crippen LogP contribution in [0.15, 0.2) is 59.5 Å². The minimum absolute atomic E-state index is 0.0605. The molecule has 6 nitrogen and oxygen atoms in total. The molecule has 30 heavy (non-hydrogen) atoms. The minimum Gasteiger partial charge on any atom is -0.494 e. The number of rotatable bonds is 9. The number of nitrogens with one attached hydrogen (secondary N) is 1. The van der Waals surface area contributed by atoms with Gasteiger partial charge in [-0.25, -0.2) is 8.42 Å². The van der Waals surface area contributed by atoms with Gasteiger partial charge in [-0.1, -0.05) is 30.3 Å². The second-order valence-electron chi connectivity index (χ2n) is 7.49. The lowest BCUT2D eigenvalue weighted by atomic mass is 9.99. The van der Waals surface area contributed by atoms with E-state index in [9.17, 15) is 13.2 Å². The number of nitrogens with zero attached hydrogens (tertiary/aromatic N) is 1. The van der Waals surface area contributed by atoms with Gasteiger partial charge in [-0.3, -0.25) is 4.79 Å². The number of carbonyl (C=O) groups excluding carboxylic acids is 1. The summed E-state index contributed by atoms with van der Waals surface area (Å²) in [4.78, 5) is 12.9. The first-order valence-corrected chi connectivity index (χ1v) is 12.0. The summed E-state index contributed by atoms with van der Waals surface area (Å²) >= 11 is 0. The number of hydrogen-bond acceptors (Lipinski definition) is 4. The molecule has 0 radical (unpaired) electrons. The van der Waals surface area contributed by atoms with Crippen LogP contribution in [-0.2, 0) is 21.2 Å². The van der Waals surface area contributed by atoms with Crippen molar-refractivity contribution in [2.45, 2.75) is 37.5 Å². The number of aryl methyl sites for hydroxylation is 1. The first-order valence-electron chi connectivity index (χ1n) is 10.6. The third-order valence-corrected chi connectivity index (χ3v) is 7.19. The molecule has 1 aliphatic rings. The third kappa shape index (κ3) is 5.83. The molecule has 2 aromatic rings. The Labute approximate surface area is 179 Å². The highest BCUT2D eigenvalue weighted by molar-refractivity contribution is 7.89. The SMILES string of the molecule is CCOc1ccc(CCCNC(=O)C2CCCN(S(=O)(=O)c3ccccc3)C2)cc1. The molecule has 1 N–H and O–H groups in total. The number of sulfonamides is 1. The van der Waals surface area contributed by atoms with Crippen LogP contribution in [-0.4, -0.2) is 44.9 Å². The monoisotopic (exact) mass is 430 g/mol. The summed E-state index contributed by atoms with van der Waals surface area (Å²) in [5, 5.41) is 2.98. The molecule has 1 saturated heterocycles. The van der Waals surface area contributed by atoms with E-state index >= 15 is 0 Å². The van der Waals surface area contributed by atoms with E-state index < -0.39 is 10.0 Å². The summed E-state index contributed by atoms with van der Waals surface area (Å²) < 4.78 is 32.5. The second kappa shape index (κ2) is 10.6. The number of benzene rings is 2. The fraction of sp³-hybridized carbons (Fsp3) is 0.435. The molecule has 0 bridgehead atoms. The van der Waals surface area contributed by atoms with Gasteiger partial charge in [0.1, 0.15) is 5.75 Å². The van der Waals surface area contributed by atoms with Gasteiger partial charge in [0.05, 0.1) is 17.4 Å². The summed E-state index contributed by atoms with van der Waals surface area (Å²) in [6, 6.07) is 16.4. The molecule has 1 heterocycles. The van der Waals surface area contributed by atoms with Crippen molar-refractivity contribution in [2.24, 2.45) is 5.92 Å². The van der Waals surface area contributed by atoms with Gasteiger partial charge in [-0.05, 0) is 62.4 Å². The van der Waals surface area contributed by atoms with Crippen molar-refractivity contribution in [2.75, 3.05) is 26.2 Å². The minimum atomic E-state index is -3.55. The molecule has 1 atom stereocenters. The number of ether oxygens (including phenoxy) is 1. The predicted octanol–water partition coefficient (Wildman–Crippen LogP) is 3.24. The third-order valence-electron chi connectivity index (χ3n) is 5.31. The summed E-state index contributed by atoms with van der Waals surface area (Å²) in [5.41, 5.74) is 1.20. The van der Waals surface area contributed by atoms with E-state index in [1.165, 1.54) is 9.87 Å². The highest BCUT2D eigenvalue weighted by Crippen LogP contribution is 2.23. The first-order chi connectivity index (χ1) is 14.5. The second-order valence-corrected chi connectivity index (χ2v) is 9.42. The van der Waals surface area contributed by atoms with E-state index in [2.05, 4.69) is 5.32 Å². The van der Waals surface area contributed by atoms with Crippen molar-refractivity contribution >= 4 is 15.9 Å². The van der Waals surface area contributed by atoms with Crippen LogP contribution >= 0.6 is 0 Å². The smallest absolute Gasteiger partial charge is 0.243 e. The van der Waals surface area contributed by atoms with Crippen LogP contribution in [0.25, 0.3) is 0 Å². The van der Waals surface area contributed by atoms with Gasteiger partial charge >= 0.3 is 0 Å². The van der Waals surface area contributed by atoms with Crippen LogP contribution in [0.4, 0.5) is 0 Å². The van der Waals surface area contributed by atoms with E-state index in [1.807, 2.05) is 31.2 Å². The van der Waals surface area contributed by atoms with Crippen molar-refractivity contribution in [3.63, 3.8) is 0 Å². The maximum Gasteiger partial charge on any atom is 0.243 e. The number of hydrogen-bond donors (Lipinski definition) is 1. The maximum atomic E-state index is 12.8. The Morgan fingerprint density at radius 1 is 1.13 bits per heavy atom. The fourth-order valence-corrected chi connectivity index (χ4v) is 5.23. The van der Waals surface area contributed by atoms with Crippen molar-refractivity contribution in [3.8, 4) is 5.75 Å². The lowest BCUT2D eigenvalue weighted by Crippen LogP contribution is -2.45. The lowest BCUT2D eigenvalue weighted by molar-refractivity contribution is -0.126. The Morgan fingerprint density at radius 3 is 2.57 bits per heavy atom. The highest BCUT2D eigenvalue weighted by Gasteiger charge is 2.33. The molecule has 0 aromatic heterocycles. The Balaban J connectivity index is 1.46. The molecule has 2 aromatic carbocycles. The van der Waals surface area contributed by atoms with Gasteiger partial charge in [0.25, 0.3) is 0 Å². The van der Waals surface area contributed by atoms with E-state index in [4.69, 9.17) is 4.74 Å². The topological polar surface area (TPSA) is 75.7 Å². The van der Waals surface area contributed by atoms with Gasteiger partial charge in [0.2, 0.25) is 15.9 Å². The summed E-state index contributed by atoms with van der Waals surface area (Å²) in [6.45, 7) is 3.88. The Kier molecular flexibility index (Phi) is 7.87. The molecule has 1 unspecified atom stereocenters. The van der Waals surface area contributed by atoms with Crippen LogP contribution in [0.5, 0.6) is 5.75 Å². The molecule has 3 rings (SSSR count). The zero-order valence-corrected chi connectivity index (χ0v) is 18.2. The first kappa shape index (κ1) is 22.3. The molecule has 1 fully saturated rings. The fourth-order valence-electron chi connectivity index (χ4n) is 3.68. The van der Waals surface area contributed by atoms with E-state index in [0.29, 0.717) is 32.5 Å². The molecule has 1 aliphatic heterocycles. The van der Waals surface area contributed by atoms with Crippen molar-refractivity contribution in [3.05, 3.63) is 60.2 Å². The standard InChI is InChI=1S/C23H30N2O4S/c1-2-29-21-14-12-19(13-15-21)8-6-16-24-23(26)20-9-7-17-25(18-20)30(27,28)22-10-4-3-5-11-22/h3-5,10-15,20H,2,6-9,16-18H2,1H3,(H,24,26). The van der Waals surface area contributed by atoms with Crippen molar-refractivity contribution < 1.29 is 17.9 Å². The van der Waals surface area contributed by atoms with E-state index in [0.717, 1.165) is 18.6 Å². The zero-order chi connectivity index (χ0) is 21.4. The van der Waals surface area contributed by atoms with Gasteiger partial charge in [0, 0.05) is 19.6 Å². The summed E-state index contributed by atoms with van der Waals surface area (Å²) in [5.74, 6) is 0.499. The van der Waals surface area contributed by atoms with Crippen molar-refractivity contribution in [1.82, 2.24) is 9.62 Å². The van der Waals surface area contributed by atoms with Crippen LogP contribution in [0.1, 0.15) is 31.7 Å². The number of carbonyl (C=O) groups is 1. The van der Waals surface area contributed by atoms with Gasteiger partial charge in [-0.15, -0.1) is 0 Å². The normalized spacial score (nSPS) is 17.4. The van der Waals surface area contributed by atoms with Crippen LogP contribution < -0.4 is 10.1 Å². The predicted molar refractivity (Wildman–Crippen MR) is 117 cm³/mol. The number of amides is 1. The molecule has 0 aliphatic carbocycles. The maximum absolute atomic E-state index is 12.8. The molecule has 1 amide bonds. The summed E-state index contributed by atoms with van der Waals surface area (Å²) in [6.07, 6.45) is 3.10. The van der Waals surface area contributed by atoms with Gasteiger partial charge < -0.3 is 10.1 Å². The largest absolute Gasteiger partial charge is 0.494 e. The van der Waals surface area contributed by atoms with Crippen LogP contribution in [0, 0.1) is 5.92 Å². The molecule has 162 valence electrons. The van der Waals surface area contributed by atoms with Crippen LogP contribution in [0.3, 0.4) is 0 Å². The molecular weight excluding hydrogens is 400 g/mol. The van der Waals surface area contributed by atoms with Gasteiger partial charge in [-0.2, -0.15) is 4.31 Å². The van der Waals surface area contributed by atoms with E-state index in [-0.39, 0.29) is 23.3 Å². The average molecular weight is 431 g/mol. The highest BCUT2D eigenvalue weighted by atomic mass is 32.2. The number of piperidine rings is 1. The zero-order valence-electron chi connectivity index (χ0n) is 17.4. The summed E-state index contributed by atoms with van der Waals surface area (Å²) in [7, 11) is -3.55. The Hall–Kier alpha value is -2.38. The average Bonchev–Trinajstić information content (AvgIpc) is 2.78. The molecular formula is C23H30N2O4S. The van der Waals surface area contributed by atoms with Gasteiger partial charge in [0.15, 0.2) is 0 Å². The Morgan fingerprint density at radius 2 is 1.87 bits per heavy atom. The molecule has 0 saturated carbocycles. The van der Waals surface area contributed by atoms with Crippen LogP contribution in [0.2, 0.25) is 0 Å². The molecule has 0 spiro atoms. The van der Waals surface area contributed by atoms with Crippen molar-refractivity contribution in [1.29, 1.82) is 0 Å². The quantitative estimate of drug-likeness (QED) is 0.620. The van der Waals surface area contributed by atoms with E-state index in [1.54, 1.807) is 30.3 Å². The lowest BCUT2D eigenvalue weighted by Gasteiger charge is -2.31.